The van der Waals surface area contributed by atoms with Crippen molar-refractivity contribution in [3.8, 4) is 0 Å². The predicted octanol–water partition coefficient (Wildman–Crippen LogP) is 1.22. The third kappa shape index (κ3) is 3.96. The van der Waals surface area contributed by atoms with Gasteiger partial charge in [0.15, 0.2) is 0 Å². The molecule has 2 aromatic rings. The van der Waals surface area contributed by atoms with E-state index < -0.39 is 0 Å². The van der Waals surface area contributed by atoms with Crippen LogP contribution in [-0.4, -0.2) is 50.4 Å². The standard InChI is InChI=1S/C17H22N4O2/c22-10-9-21-8-5-16(19-21)15-4-2-7-20(13-15)17(23)11-14-3-1-6-18-12-14/h1,3,5-6,8,12,15,22H,2,4,7,9-11,13H2/t15-/m0/s1. The van der Waals surface area contributed by atoms with Gasteiger partial charge in [0.1, 0.15) is 0 Å². The number of pyridine rings is 1. The van der Waals surface area contributed by atoms with Crippen LogP contribution in [0.1, 0.15) is 30.0 Å². The molecule has 3 heterocycles. The Morgan fingerprint density at radius 3 is 3.09 bits per heavy atom. The van der Waals surface area contributed by atoms with E-state index in [9.17, 15) is 4.79 Å². The van der Waals surface area contributed by atoms with Crippen molar-refractivity contribution in [2.45, 2.75) is 31.7 Å². The fourth-order valence-corrected chi connectivity index (χ4v) is 3.06. The number of nitrogens with zero attached hydrogens (tertiary/aromatic N) is 4. The van der Waals surface area contributed by atoms with Gasteiger partial charge in [-0.1, -0.05) is 6.07 Å². The van der Waals surface area contributed by atoms with Crippen LogP contribution in [0.3, 0.4) is 0 Å². The van der Waals surface area contributed by atoms with E-state index in [4.69, 9.17) is 5.11 Å². The van der Waals surface area contributed by atoms with Crippen molar-refractivity contribution in [2.75, 3.05) is 19.7 Å². The minimum Gasteiger partial charge on any atom is -0.394 e. The molecule has 1 amide bonds. The van der Waals surface area contributed by atoms with Crippen molar-refractivity contribution in [1.29, 1.82) is 0 Å². The minimum absolute atomic E-state index is 0.0848. The molecule has 1 saturated heterocycles. The Bertz CT molecular complexity index is 641. The quantitative estimate of drug-likeness (QED) is 0.901. The lowest BCUT2D eigenvalue weighted by Gasteiger charge is -2.32. The van der Waals surface area contributed by atoms with E-state index in [-0.39, 0.29) is 18.4 Å². The molecule has 0 spiro atoms. The second-order valence-corrected chi connectivity index (χ2v) is 5.94. The molecule has 0 aromatic carbocycles. The molecule has 23 heavy (non-hydrogen) atoms. The topological polar surface area (TPSA) is 71.2 Å². The van der Waals surface area contributed by atoms with Crippen LogP contribution in [0.25, 0.3) is 0 Å². The Balaban J connectivity index is 1.62. The summed E-state index contributed by atoms with van der Waals surface area (Å²) in [7, 11) is 0. The second kappa shape index (κ2) is 7.37. The van der Waals surface area contributed by atoms with Crippen LogP contribution in [0.5, 0.6) is 0 Å². The first-order valence-electron chi connectivity index (χ1n) is 8.07. The van der Waals surface area contributed by atoms with E-state index in [2.05, 4.69) is 10.1 Å². The summed E-state index contributed by atoms with van der Waals surface area (Å²) in [6, 6.07) is 5.79. The maximum Gasteiger partial charge on any atom is 0.227 e. The Labute approximate surface area is 135 Å². The predicted molar refractivity (Wildman–Crippen MR) is 85.8 cm³/mol. The molecule has 0 radical (unpaired) electrons. The van der Waals surface area contributed by atoms with Crippen LogP contribution in [0.2, 0.25) is 0 Å². The van der Waals surface area contributed by atoms with Crippen LogP contribution >= 0.6 is 0 Å². The van der Waals surface area contributed by atoms with E-state index in [1.165, 1.54) is 0 Å². The first-order valence-corrected chi connectivity index (χ1v) is 8.07. The van der Waals surface area contributed by atoms with Gasteiger partial charge in [0, 0.05) is 37.6 Å². The van der Waals surface area contributed by atoms with Crippen molar-refractivity contribution in [3.63, 3.8) is 0 Å². The van der Waals surface area contributed by atoms with Gasteiger partial charge in [-0.05, 0) is 30.5 Å². The molecular weight excluding hydrogens is 292 g/mol. The maximum absolute atomic E-state index is 12.5. The Morgan fingerprint density at radius 2 is 2.30 bits per heavy atom. The number of aromatic nitrogens is 3. The number of carbonyl (C=O) groups excluding carboxylic acids is 1. The molecule has 0 saturated carbocycles. The summed E-state index contributed by atoms with van der Waals surface area (Å²) in [5.74, 6) is 0.430. The fraction of sp³-hybridized carbons (Fsp3) is 0.471. The zero-order valence-electron chi connectivity index (χ0n) is 13.1. The molecule has 3 rings (SSSR count). The molecule has 6 nitrogen and oxygen atoms in total. The van der Waals surface area contributed by atoms with Crippen molar-refractivity contribution in [3.05, 3.63) is 48.0 Å². The minimum atomic E-state index is 0.0848. The summed E-state index contributed by atoms with van der Waals surface area (Å²) in [5, 5.41) is 13.5. The van der Waals surface area contributed by atoms with E-state index in [0.717, 1.165) is 37.2 Å². The van der Waals surface area contributed by atoms with Gasteiger partial charge in [-0.3, -0.25) is 14.5 Å². The first kappa shape index (κ1) is 15.7. The fourth-order valence-electron chi connectivity index (χ4n) is 3.06. The third-order valence-corrected chi connectivity index (χ3v) is 4.26. The number of carbonyl (C=O) groups is 1. The van der Waals surface area contributed by atoms with E-state index in [1.54, 1.807) is 17.1 Å². The van der Waals surface area contributed by atoms with Gasteiger partial charge in [0.2, 0.25) is 5.91 Å². The summed E-state index contributed by atoms with van der Waals surface area (Å²) in [6.07, 6.45) is 7.80. The van der Waals surface area contributed by atoms with Gasteiger partial charge in [-0.15, -0.1) is 0 Å². The summed E-state index contributed by atoms with van der Waals surface area (Å²) in [4.78, 5) is 18.5. The second-order valence-electron chi connectivity index (χ2n) is 5.94. The van der Waals surface area contributed by atoms with Gasteiger partial charge >= 0.3 is 0 Å². The molecule has 0 unspecified atom stereocenters. The van der Waals surface area contributed by atoms with Gasteiger partial charge in [-0.25, -0.2) is 0 Å². The normalized spacial score (nSPS) is 18.1. The monoisotopic (exact) mass is 314 g/mol. The number of likely N-dealkylation sites (tertiary alicyclic amines) is 1. The molecule has 0 bridgehead atoms. The lowest BCUT2D eigenvalue weighted by atomic mass is 9.94. The zero-order chi connectivity index (χ0) is 16.1. The van der Waals surface area contributed by atoms with E-state index >= 15 is 0 Å². The van der Waals surface area contributed by atoms with Crippen molar-refractivity contribution in [1.82, 2.24) is 19.7 Å². The third-order valence-electron chi connectivity index (χ3n) is 4.26. The van der Waals surface area contributed by atoms with Gasteiger partial charge < -0.3 is 10.0 Å². The summed E-state index contributed by atoms with van der Waals surface area (Å²) >= 11 is 0. The van der Waals surface area contributed by atoms with Gasteiger partial charge in [0.25, 0.3) is 0 Å². The smallest absolute Gasteiger partial charge is 0.227 e. The summed E-state index contributed by atoms with van der Waals surface area (Å²) < 4.78 is 1.76. The first-order chi connectivity index (χ1) is 11.3. The highest BCUT2D eigenvalue weighted by molar-refractivity contribution is 5.78. The lowest BCUT2D eigenvalue weighted by Crippen LogP contribution is -2.40. The number of amides is 1. The molecule has 122 valence electrons. The zero-order valence-corrected chi connectivity index (χ0v) is 13.1. The lowest BCUT2D eigenvalue weighted by molar-refractivity contribution is -0.131. The molecule has 1 atom stereocenters. The molecule has 1 aliphatic heterocycles. The van der Waals surface area contributed by atoms with E-state index in [1.807, 2.05) is 29.3 Å². The Hall–Kier alpha value is -2.21. The highest BCUT2D eigenvalue weighted by Crippen LogP contribution is 2.26. The average Bonchev–Trinajstić information content (AvgIpc) is 3.05. The van der Waals surface area contributed by atoms with Crippen LogP contribution in [0.15, 0.2) is 36.8 Å². The van der Waals surface area contributed by atoms with Crippen molar-refractivity contribution < 1.29 is 9.90 Å². The Morgan fingerprint density at radius 1 is 1.39 bits per heavy atom. The number of hydrogen-bond acceptors (Lipinski definition) is 4. The van der Waals surface area contributed by atoms with Crippen molar-refractivity contribution >= 4 is 5.91 Å². The van der Waals surface area contributed by atoms with Gasteiger partial charge in [-0.2, -0.15) is 5.10 Å². The SMILES string of the molecule is O=C(Cc1cccnc1)N1CCC[C@H](c2ccn(CCO)n2)C1. The van der Waals surface area contributed by atoms with Gasteiger partial charge in [0.05, 0.1) is 25.3 Å². The van der Waals surface area contributed by atoms with Crippen LogP contribution < -0.4 is 0 Å². The molecule has 1 fully saturated rings. The van der Waals surface area contributed by atoms with Crippen molar-refractivity contribution in [2.24, 2.45) is 0 Å². The van der Waals surface area contributed by atoms with Crippen LogP contribution in [0.4, 0.5) is 0 Å². The largest absolute Gasteiger partial charge is 0.394 e. The molecule has 6 heteroatoms. The van der Waals surface area contributed by atoms with E-state index in [0.29, 0.717) is 13.0 Å². The number of hydrogen-bond donors (Lipinski definition) is 1. The molecule has 0 aliphatic carbocycles. The number of aliphatic hydroxyl groups is 1. The maximum atomic E-state index is 12.5. The highest BCUT2D eigenvalue weighted by atomic mass is 16.3. The van der Waals surface area contributed by atoms with Crippen LogP contribution in [-0.2, 0) is 17.8 Å². The summed E-state index contributed by atoms with van der Waals surface area (Å²) in [5.41, 5.74) is 1.96. The van der Waals surface area contributed by atoms with Crippen LogP contribution in [0, 0.1) is 0 Å². The summed E-state index contributed by atoms with van der Waals surface area (Å²) in [6.45, 7) is 2.13. The highest BCUT2D eigenvalue weighted by Gasteiger charge is 2.26. The molecular formula is C17H22N4O2. The Kier molecular flexibility index (Phi) is 5.02. The number of rotatable bonds is 5. The molecule has 1 N–H and O–H groups in total. The number of piperidine rings is 1. The number of aliphatic hydroxyl groups excluding tert-OH is 1. The average molecular weight is 314 g/mol. The molecule has 1 aliphatic rings. The molecule has 2 aromatic heterocycles.